The second-order valence-electron chi connectivity index (χ2n) is 5.40. The summed E-state index contributed by atoms with van der Waals surface area (Å²) >= 11 is 0. The first kappa shape index (κ1) is 18.8. The van der Waals surface area contributed by atoms with Crippen molar-refractivity contribution in [2.75, 3.05) is 7.11 Å². The highest BCUT2D eigenvalue weighted by molar-refractivity contribution is 5.97. The van der Waals surface area contributed by atoms with Crippen molar-refractivity contribution in [3.63, 3.8) is 0 Å². The lowest BCUT2D eigenvalue weighted by atomic mass is 10.0. The number of nitrogens with one attached hydrogen (secondary N) is 1. The Labute approximate surface area is 147 Å². The molecule has 2 aromatic carbocycles. The third-order valence-corrected chi connectivity index (χ3v) is 3.63. The highest BCUT2D eigenvalue weighted by Crippen LogP contribution is 2.25. The summed E-state index contributed by atoms with van der Waals surface area (Å²) in [6.45, 7) is 0. The first-order valence-corrected chi connectivity index (χ1v) is 7.49. The summed E-state index contributed by atoms with van der Waals surface area (Å²) in [6, 6.07) is 7.65. The van der Waals surface area contributed by atoms with Crippen molar-refractivity contribution in [2.24, 2.45) is 5.73 Å². The highest BCUT2D eigenvalue weighted by Gasteiger charge is 2.23. The fourth-order valence-corrected chi connectivity index (χ4v) is 2.35. The molecule has 2 aromatic rings. The summed E-state index contributed by atoms with van der Waals surface area (Å²) in [7, 11) is 1.37. The van der Waals surface area contributed by atoms with Gasteiger partial charge in [-0.25, -0.2) is 4.39 Å². The van der Waals surface area contributed by atoms with Crippen LogP contribution in [-0.2, 0) is 11.2 Å². The van der Waals surface area contributed by atoms with Crippen molar-refractivity contribution in [1.29, 1.82) is 0 Å². The van der Waals surface area contributed by atoms with Gasteiger partial charge in [-0.05, 0) is 24.3 Å². The van der Waals surface area contributed by atoms with Crippen molar-refractivity contribution in [2.45, 2.75) is 12.5 Å². The van der Waals surface area contributed by atoms with E-state index in [1.165, 1.54) is 43.5 Å². The Morgan fingerprint density at radius 3 is 2.62 bits per heavy atom. The number of amides is 2. The quantitative estimate of drug-likeness (QED) is 0.572. The zero-order chi connectivity index (χ0) is 19.3. The van der Waals surface area contributed by atoms with Gasteiger partial charge in [0.25, 0.3) is 11.6 Å². The number of benzene rings is 2. The molecular weight excluding hydrogens is 345 g/mol. The van der Waals surface area contributed by atoms with Gasteiger partial charge in [0.05, 0.1) is 12.0 Å². The van der Waals surface area contributed by atoms with E-state index in [0.717, 1.165) is 6.07 Å². The van der Waals surface area contributed by atoms with E-state index in [9.17, 15) is 24.1 Å². The minimum absolute atomic E-state index is 0.0160. The van der Waals surface area contributed by atoms with Crippen molar-refractivity contribution in [3.05, 3.63) is 69.5 Å². The minimum atomic E-state index is -1.17. The van der Waals surface area contributed by atoms with Gasteiger partial charge in [-0.15, -0.1) is 0 Å². The van der Waals surface area contributed by atoms with Gasteiger partial charge in [0.15, 0.2) is 0 Å². The highest BCUT2D eigenvalue weighted by atomic mass is 19.1. The number of hydrogen-bond acceptors (Lipinski definition) is 5. The Hall–Kier alpha value is -3.49. The number of nitrogens with zero attached hydrogens (tertiary/aromatic N) is 1. The van der Waals surface area contributed by atoms with E-state index in [2.05, 4.69) is 5.32 Å². The summed E-state index contributed by atoms with van der Waals surface area (Å²) in [6.07, 6.45) is -0.124. The van der Waals surface area contributed by atoms with Crippen LogP contribution < -0.4 is 15.8 Å². The molecule has 1 atom stereocenters. The molecule has 0 heterocycles. The largest absolute Gasteiger partial charge is 0.496 e. The van der Waals surface area contributed by atoms with Crippen LogP contribution >= 0.6 is 0 Å². The van der Waals surface area contributed by atoms with Crippen LogP contribution in [0.5, 0.6) is 5.75 Å². The lowest BCUT2D eigenvalue weighted by molar-refractivity contribution is -0.384. The van der Waals surface area contributed by atoms with E-state index in [-0.39, 0.29) is 17.7 Å². The Morgan fingerprint density at radius 2 is 2.04 bits per heavy atom. The topological polar surface area (TPSA) is 125 Å². The van der Waals surface area contributed by atoms with E-state index in [0.29, 0.717) is 11.3 Å². The molecule has 0 aliphatic heterocycles. The lowest BCUT2D eigenvalue weighted by Gasteiger charge is -2.17. The zero-order valence-electron chi connectivity index (χ0n) is 13.8. The maximum absolute atomic E-state index is 13.2. The molecule has 9 heteroatoms. The number of hydrogen-bond donors (Lipinski definition) is 2. The average Bonchev–Trinajstić information content (AvgIpc) is 2.60. The van der Waals surface area contributed by atoms with Crippen LogP contribution in [0.2, 0.25) is 0 Å². The first-order valence-electron chi connectivity index (χ1n) is 7.49. The number of ether oxygens (including phenoxy) is 1. The number of nitro groups is 1. The van der Waals surface area contributed by atoms with Crippen molar-refractivity contribution >= 4 is 17.5 Å². The Balaban J connectivity index is 2.26. The van der Waals surface area contributed by atoms with E-state index >= 15 is 0 Å². The molecule has 0 fully saturated rings. The van der Waals surface area contributed by atoms with E-state index < -0.39 is 28.6 Å². The third kappa shape index (κ3) is 4.53. The number of carbonyl (C=O) groups is 2. The maximum atomic E-state index is 13.2. The monoisotopic (exact) mass is 361 g/mol. The summed E-state index contributed by atoms with van der Waals surface area (Å²) in [5.41, 5.74) is 5.47. The SMILES string of the molecule is COc1ccc([N+](=O)[O-])cc1C[C@H](NC(=O)c1cccc(F)c1)C(N)=O. The summed E-state index contributed by atoms with van der Waals surface area (Å²) in [4.78, 5) is 34.3. The van der Waals surface area contributed by atoms with Crippen LogP contribution in [0.3, 0.4) is 0 Å². The van der Waals surface area contributed by atoms with Crippen LogP contribution in [0.15, 0.2) is 42.5 Å². The maximum Gasteiger partial charge on any atom is 0.269 e. The van der Waals surface area contributed by atoms with Gasteiger partial charge in [-0.3, -0.25) is 19.7 Å². The number of nitro benzene ring substituents is 1. The predicted octanol–water partition coefficient (Wildman–Crippen LogP) is 1.57. The molecule has 8 nitrogen and oxygen atoms in total. The van der Waals surface area contributed by atoms with E-state index in [1.54, 1.807) is 0 Å². The van der Waals surface area contributed by atoms with E-state index in [4.69, 9.17) is 10.5 Å². The second-order valence-corrected chi connectivity index (χ2v) is 5.40. The molecule has 0 radical (unpaired) electrons. The molecule has 26 heavy (non-hydrogen) atoms. The van der Waals surface area contributed by atoms with Crippen LogP contribution in [0.25, 0.3) is 0 Å². The molecule has 2 amide bonds. The number of rotatable bonds is 7. The zero-order valence-corrected chi connectivity index (χ0v) is 13.8. The summed E-state index contributed by atoms with van der Waals surface area (Å²) in [5.74, 6) is -1.84. The minimum Gasteiger partial charge on any atom is -0.496 e. The number of primary amides is 1. The normalized spacial score (nSPS) is 11.5. The van der Waals surface area contributed by atoms with Gasteiger partial charge in [-0.2, -0.15) is 0 Å². The van der Waals surface area contributed by atoms with Crippen LogP contribution in [0, 0.1) is 15.9 Å². The Morgan fingerprint density at radius 1 is 1.31 bits per heavy atom. The van der Waals surface area contributed by atoms with Crippen LogP contribution in [0.4, 0.5) is 10.1 Å². The van der Waals surface area contributed by atoms with Crippen molar-refractivity contribution in [3.8, 4) is 5.75 Å². The molecule has 0 aliphatic carbocycles. The predicted molar refractivity (Wildman–Crippen MR) is 90.2 cm³/mol. The molecule has 0 aromatic heterocycles. The third-order valence-electron chi connectivity index (χ3n) is 3.63. The molecule has 0 unspecified atom stereocenters. The van der Waals surface area contributed by atoms with Crippen LogP contribution in [0.1, 0.15) is 15.9 Å². The second kappa shape index (κ2) is 8.06. The summed E-state index contributed by atoms with van der Waals surface area (Å²) in [5, 5.41) is 13.3. The fourth-order valence-electron chi connectivity index (χ4n) is 2.35. The fraction of sp³-hybridized carbons (Fsp3) is 0.176. The van der Waals surface area contributed by atoms with Crippen LogP contribution in [-0.4, -0.2) is 29.9 Å². The molecule has 2 rings (SSSR count). The smallest absolute Gasteiger partial charge is 0.269 e. The molecule has 0 spiro atoms. The molecule has 0 saturated heterocycles. The molecule has 0 bridgehead atoms. The van der Waals surface area contributed by atoms with E-state index in [1.807, 2.05) is 0 Å². The molecule has 0 aliphatic rings. The van der Waals surface area contributed by atoms with Gasteiger partial charge in [-0.1, -0.05) is 6.07 Å². The van der Waals surface area contributed by atoms with Crippen molar-refractivity contribution in [1.82, 2.24) is 5.32 Å². The van der Waals surface area contributed by atoms with Crippen molar-refractivity contribution < 1.29 is 23.6 Å². The van der Waals surface area contributed by atoms with Gasteiger partial charge in [0, 0.05) is 29.7 Å². The average molecular weight is 361 g/mol. The summed E-state index contributed by atoms with van der Waals surface area (Å²) < 4.78 is 18.4. The standard InChI is InChI=1S/C17H16FN3O5/c1-26-15-6-5-13(21(24)25)8-11(15)9-14(16(19)22)20-17(23)10-3-2-4-12(18)7-10/h2-8,14H,9H2,1H3,(H2,19,22)(H,20,23)/t14-/m0/s1. The molecular formula is C17H16FN3O5. The number of carbonyl (C=O) groups excluding carboxylic acids is 2. The number of halogens is 1. The lowest BCUT2D eigenvalue weighted by Crippen LogP contribution is -2.45. The number of non-ortho nitro benzene ring substituents is 1. The van der Waals surface area contributed by atoms with Gasteiger partial charge >= 0.3 is 0 Å². The van der Waals surface area contributed by atoms with Gasteiger partial charge in [0.1, 0.15) is 17.6 Å². The molecule has 3 N–H and O–H groups in total. The Bertz CT molecular complexity index is 856. The van der Waals surface area contributed by atoms with Gasteiger partial charge < -0.3 is 15.8 Å². The van der Waals surface area contributed by atoms with Gasteiger partial charge in [0.2, 0.25) is 5.91 Å². The number of nitrogens with two attached hydrogens (primary N) is 1. The number of methoxy groups -OCH3 is 1. The Kier molecular flexibility index (Phi) is 5.84. The molecule has 136 valence electrons. The molecule has 0 saturated carbocycles. The first-order chi connectivity index (χ1) is 12.3.